The molecule has 2 fully saturated rings. The lowest BCUT2D eigenvalue weighted by atomic mass is 9.75. The molecule has 0 radical (unpaired) electrons. The Kier molecular flexibility index (Phi) is 4.04. The quantitative estimate of drug-likeness (QED) is 0.779. The lowest BCUT2D eigenvalue weighted by Gasteiger charge is -2.35. The molecule has 2 rings (SSSR count). The summed E-state index contributed by atoms with van der Waals surface area (Å²) in [6.45, 7) is 3.29. The van der Waals surface area contributed by atoms with Gasteiger partial charge >= 0.3 is 0 Å². The van der Waals surface area contributed by atoms with Crippen LogP contribution in [0.4, 0.5) is 0 Å². The summed E-state index contributed by atoms with van der Waals surface area (Å²) in [7, 11) is 0. The minimum absolute atomic E-state index is 0.442. The molecule has 2 aliphatic rings. The van der Waals surface area contributed by atoms with Crippen molar-refractivity contribution >= 4 is 0 Å². The van der Waals surface area contributed by atoms with E-state index in [1.165, 1.54) is 44.9 Å². The fraction of sp³-hybridized carbons (Fsp3) is 1.00. The lowest BCUT2D eigenvalue weighted by Crippen LogP contribution is -2.37. The van der Waals surface area contributed by atoms with Gasteiger partial charge in [0.1, 0.15) is 0 Å². The normalized spacial score (nSPS) is 42.0. The number of hydrogen-bond acceptors (Lipinski definition) is 2. The monoisotopic (exact) mass is 211 g/mol. The number of rotatable bonds is 3. The van der Waals surface area contributed by atoms with Gasteiger partial charge in [-0.15, -0.1) is 0 Å². The first-order valence-electron chi connectivity index (χ1n) is 6.66. The Bertz CT molecular complexity index is 189. The van der Waals surface area contributed by atoms with E-state index >= 15 is 0 Å². The van der Waals surface area contributed by atoms with E-state index in [0.717, 1.165) is 18.4 Å². The Morgan fingerprint density at radius 3 is 2.80 bits per heavy atom. The van der Waals surface area contributed by atoms with Crippen molar-refractivity contribution < 1.29 is 4.74 Å². The van der Waals surface area contributed by atoms with Crippen molar-refractivity contribution in [2.75, 3.05) is 6.61 Å². The maximum Gasteiger partial charge on any atom is 0.0579 e. The van der Waals surface area contributed by atoms with Gasteiger partial charge in [-0.3, -0.25) is 0 Å². The summed E-state index contributed by atoms with van der Waals surface area (Å²) in [6.07, 6.45) is 9.51. The molecule has 1 aliphatic carbocycles. The van der Waals surface area contributed by atoms with E-state index in [4.69, 9.17) is 10.5 Å². The number of hydrogen-bond donors (Lipinski definition) is 1. The van der Waals surface area contributed by atoms with Crippen LogP contribution in [0.25, 0.3) is 0 Å². The van der Waals surface area contributed by atoms with Crippen molar-refractivity contribution in [2.24, 2.45) is 17.6 Å². The van der Waals surface area contributed by atoms with E-state index in [2.05, 4.69) is 6.92 Å². The average Bonchev–Trinajstić information content (AvgIpc) is 2.74. The van der Waals surface area contributed by atoms with Crippen LogP contribution in [-0.4, -0.2) is 18.8 Å². The van der Waals surface area contributed by atoms with Gasteiger partial charge in [0, 0.05) is 12.6 Å². The van der Waals surface area contributed by atoms with Crippen LogP contribution >= 0.6 is 0 Å². The Morgan fingerprint density at radius 1 is 1.27 bits per heavy atom. The highest BCUT2D eigenvalue weighted by molar-refractivity contribution is 4.84. The van der Waals surface area contributed by atoms with Gasteiger partial charge in [0.05, 0.1) is 6.10 Å². The van der Waals surface area contributed by atoms with Gasteiger partial charge in [-0.1, -0.05) is 13.3 Å². The zero-order valence-corrected chi connectivity index (χ0v) is 9.95. The molecule has 0 aromatic heterocycles. The highest BCUT2D eigenvalue weighted by Gasteiger charge is 2.30. The first kappa shape index (κ1) is 11.4. The van der Waals surface area contributed by atoms with Gasteiger partial charge in [0.15, 0.2) is 0 Å². The molecule has 88 valence electrons. The van der Waals surface area contributed by atoms with Gasteiger partial charge in [-0.2, -0.15) is 0 Å². The molecular weight excluding hydrogens is 186 g/mol. The third-order valence-electron chi connectivity index (χ3n) is 4.32. The largest absolute Gasteiger partial charge is 0.378 e. The van der Waals surface area contributed by atoms with Crippen LogP contribution in [0.15, 0.2) is 0 Å². The van der Waals surface area contributed by atoms with Crippen LogP contribution in [0.2, 0.25) is 0 Å². The van der Waals surface area contributed by atoms with E-state index in [-0.39, 0.29) is 0 Å². The fourth-order valence-corrected chi connectivity index (χ4v) is 3.19. The van der Waals surface area contributed by atoms with Crippen molar-refractivity contribution in [1.29, 1.82) is 0 Å². The average molecular weight is 211 g/mol. The van der Waals surface area contributed by atoms with Crippen molar-refractivity contribution in [1.82, 2.24) is 0 Å². The smallest absolute Gasteiger partial charge is 0.0579 e. The van der Waals surface area contributed by atoms with E-state index in [1.54, 1.807) is 0 Å². The minimum atomic E-state index is 0.442. The van der Waals surface area contributed by atoms with Crippen LogP contribution in [0.3, 0.4) is 0 Å². The molecule has 15 heavy (non-hydrogen) atoms. The van der Waals surface area contributed by atoms with E-state index in [9.17, 15) is 0 Å². The summed E-state index contributed by atoms with van der Waals surface area (Å²) in [5.74, 6) is 1.66. The first-order chi connectivity index (χ1) is 7.29. The topological polar surface area (TPSA) is 35.2 Å². The predicted molar refractivity (Wildman–Crippen MR) is 62.7 cm³/mol. The molecule has 1 saturated heterocycles. The molecule has 4 unspecified atom stereocenters. The molecule has 0 aromatic rings. The third kappa shape index (κ3) is 2.94. The molecule has 1 heterocycles. The summed E-state index contributed by atoms with van der Waals surface area (Å²) in [5.41, 5.74) is 6.22. The van der Waals surface area contributed by atoms with Crippen molar-refractivity contribution in [2.45, 2.75) is 64.0 Å². The van der Waals surface area contributed by atoms with Crippen molar-refractivity contribution in [3.05, 3.63) is 0 Å². The molecule has 2 heteroatoms. The van der Waals surface area contributed by atoms with Gasteiger partial charge in [0.25, 0.3) is 0 Å². The fourth-order valence-electron chi connectivity index (χ4n) is 3.19. The molecular formula is C13H25NO. The Labute approximate surface area is 93.6 Å². The maximum absolute atomic E-state index is 6.22. The van der Waals surface area contributed by atoms with Gasteiger partial charge in [-0.05, 0) is 50.4 Å². The zero-order valence-electron chi connectivity index (χ0n) is 9.95. The zero-order chi connectivity index (χ0) is 10.7. The lowest BCUT2D eigenvalue weighted by molar-refractivity contribution is 0.0718. The third-order valence-corrected chi connectivity index (χ3v) is 4.32. The second-order valence-electron chi connectivity index (χ2n) is 5.38. The molecule has 0 amide bonds. The molecule has 2 N–H and O–H groups in total. The van der Waals surface area contributed by atoms with Crippen LogP contribution in [0.1, 0.15) is 51.9 Å². The maximum atomic E-state index is 6.22. The molecule has 0 bridgehead atoms. The van der Waals surface area contributed by atoms with E-state index in [0.29, 0.717) is 12.1 Å². The van der Waals surface area contributed by atoms with E-state index in [1.807, 2.05) is 0 Å². The summed E-state index contributed by atoms with van der Waals surface area (Å²) < 4.78 is 5.72. The second-order valence-corrected chi connectivity index (χ2v) is 5.38. The van der Waals surface area contributed by atoms with Crippen LogP contribution in [-0.2, 0) is 4.74 Å². The van der Waals surface area contributed by atoms with Crippen molar-refractivity contribution in [3.8, 4) is 0 Å². The molecule has 4 atom stereocenters. The SMILES string of the molecule is CCC1CCC(N)C(CC2CCCO2)C1. The van der Waals surface area contributed by atoms with E-state index < -0.39 is 0 Å². The Hall–Kier alpha value is -0.0800. The standard InChI is InChI=1S/C13H25NO/c1-2-10-5-6-13(14)11(8-10)9-12-4-3-7-15-12/h10-13H,2-9,14H2,1H3. The van der Waals surface area contributed by atoms with Crippen LogP contribution < -0.4 is 5.73 Å². The molecule has 1 aliphatic heterocycles. The number of nitrogens with two attached hydrogens (primary N) is 1. The molecule has 2 nitrogen and oxygen atoms in total. The molecule has 0 spiro atoms. The first-order valence-corrected chi connectivity index (χ1v) is 6.66. The summed E-state index contributed by atoms with van der Waals surface area (Å²) >= 11 is 0. The summed E-state index contributed by atoms with van der Waals surface area (Å²) in [6, 6.07) is 0.442. The number of ether oxygens (including phenoxy) is 1. The summed E-state index contributed by atoms with van der Waals surface area (Å²) in [4.78, 5) is 0. The predicted octanol–water partition coefficient (Wildman–Crippen LogP) is 2.71. The highest BCUT2D eigenvalue weighted by Crippen LogP contribution is 2.34. The minimum Gasteiger partial charge on any atom is -0.378 e. The van der Waals surface area contributed by atoms with Crippen LogP contribution in [0, 0.1) is 11.8 Å². The Balaban J connectivity index is 1.82. The summed E-state index contributed by atoms with van der Waals surface area (Å²) in [5, 5.41) is 0. The van der Waals surface area contributed by atoms with Crippen molar-refractivity contribution in [3.63, 3.8) is 0 Å². The second kappa shape index (κ2) is 5.31. The highest BCUT2D eigenvalue weighted by atomic mass is 16.5. The van der Waals surface area contributed by atoms with Gasteiger partial charge in [-0.25, -0.2) is 0 Å². The Morgan fingerprint density at radius 2 is 2.13 bits per heavy atom. The van der Waals surface area contributed by atoms with Gasteiger partial charge in [0.2, 0.25) is 0 Å². The molecule has 1 saturated carbocycles. The van der Waals surface area contributed by atoms with Gasteiger partial charge < -0.3 is 10.5 Å². The molecule has 0 aromatic carbocycles. The van der Waals surface area contributed by atoms with Crippen LogP contribution in [0.5, 0.6) is 0 Å².